The maximum absolute atomic E-state index is 12.9. The van der Waals surface area contributed by atoms with E-state index in [1.807, 2.05) is 12.3 Å². The number of hydrogen-bond acceptors (Lipinski definition) is 8. The van der Waals surface area contributed by atoms with E-state index < -0.39 is 6.04 Å². The van der Waals surface area contributed by atoms with Gasteiger partial charge in [-0.05, 0) is 54.9 Å². The van der Waals surface area contributed by atoms with Gasteiger partial charge < -0.3 is 25.0 Å². The van der Waals surface area contributed by atoms with Gasteiger partial charge in [-0.15, -0.1) is 0 Å². The fraction of sp³-hybridized carbons (Fsp3) is 0.433. The molecular formula is C30H37N5O3. The molecule has 200 valence electrons. The summed E-state index contributed by atoms with van der Waals surface area (Å²) < 4.78 is 5.56. The van der Waals surface area contributed by atoms with E-state index in [-0.39, 0.29) is 12.4 Å². The monoisotopic (exact) mass is 515 g/mol. The molecule has 0 amide bonds. The number of ether oxygens (including phenoxy) is 1. The minimum Gasteiger partial charge on any atom is -0.394 e. The number of morpholine rings is 1. The number of rotatable bonds is 2. The van der Waals surface area contributed by atoms with E-state index in [1.54, 1.807) is 0 Å². The van der Waals surface area contributed by atoms with Gasteiger partial charge in [0.25, 0.3) is 0 Å². The summed E-state index contributed by atoms with van der Waals surface area (Å²) in [5, 5.41) is 13.3. The molecule has 1 atom stereocenters. The van der Waals surface area contributed by atoms with E-state index in [0.717, 1.165) is 66.5 Å². The molecule has 1 saturated heterocycles. The largest absolute Gasteiger partial charge is 0.394 e. The summed E-state index contributed by atoms with van der Waals surface area (Å²) in [6.07, 6.45) is 3.62. The summed E-state index contributed by atoms with van der Waals surface area (Å²) in [5.74, 6) is 0.816. The van der Waals surface area contributed by atoms with Gasteiger partial charge in [0.15, 0.2) is 5.78 Å². The number of Topliss-reactive ketones (excluding diaryl/α,β-unsaturated/α-hetero) is 1. The topological polar surface area (TPSA) is 90.8 Å². The van der Waals surface area contributed by atoms with Gasteiger partial charge in [-0.1, -0.05) is 30.3 Å². The number of hydrogen-bond donors (Lipinski definition) is 2. The van der Waals surface area contributed by atoms with Crippen LogP contribution in [0.15, 0.2) is 54.7 Å². The summed E-state index contributed by atoms with van der Waals surface area (Å²) in [6, 6.07) is 16.4. The highest BCUT2D eigenvalue weighted by Gasteiger charge is 2.19. The van der Waals surface area contributed by atoms with Gasteiger partial charge in [0.1, 0.15) is 5.82 Å². The second-order valence-electron chi connectivity index (χ2n) is 10.3. The minimum atomic E-state index is -0.575. The molecule has 0 spiro atoms. The highest BCUT2D eigenvalue weighted by Crippen LogP contribution is 2.24. The number of aliphatic hydroxyl groups is 1. The molecule has 8 heteroatoms. The van der Waals surface area contributed by atoms with Gasteiger partial charge in [-0.2, -0.15) is 0 Å². The quantitative estimate of drug-likeness (QED) is 0.539. The molecule has 1 aromatic heterocycles. The maximum atomic E-state index is 12.9. The fourth-order valence-electron chi connectivity index (χ4n) is 5.17. The normalized spacial score (nSPS) is 19.9. The number of ketones is 1. The lowest BCUT2D eigenvalue weighted by molar-refractivity contribution is -0.122. The molecule has 6 bridgehead atoms. The van der Waals surface area contributed by atoms with Crippen LogP contribution in [0.4, 0.5) is 5.69 Å². The zero-order valence-corrected chi connectivity index (χ0v) is 22.1. The molecule has 8 nitrogen and oxygen atoms in total. The maximum Gasteiger partial charge on any atom is 0.152 e. The Morgan fingerprint density at radius 3 is 2.61 bits per heavy atom. The van der Waals surface area contributed by atoms with Crippen molar-refractivity contribution in [2.45, 2.75) is 38.4 Å². The number of nitrogens with zero attached hydrogens (tertiary/aromatic N) is 4. The number of fused-ring (bicyclic) bond motifs is 10. The average molecular weight is 516 g/mol. The molecule has 0 unspecified atom stereocenters. The smallest absolute Gasteiger partial charge is 0.152 e. The van der Waals surface area contributed by atoms with Crippen molar-refractivity contribution in [2.24, 2.45) is 0 Å². The molecule has 6 rings (SSSR count). The molecule has 2 aromatic carbocycles. The zero-order valence-electron chi connectivity index (χ0n) is 22.1. The molecule has 4 heterocycles. The first-order valence-corrected chi connectivity index (χ1v) is 13.5. The van der Waals surface area contributed by atoms with Crippen molar-refractivity contribution in [1.29, 1.82) is 0 Å². The lowest BCUT2D eigenvalue weighted by atomic mass is 10.0. The Hall–Kier alpha value is -3.17. The number of aromatic nitrogens is 2. The van der Waals surface area contributed by atoms with Crippen LogP contribution in [-0.4, -0.2) is 78.3 Å². The van der Waals surface area contributed by atoms with E-state index >= 15 is 0 Å². The van der Waals surface area contributed by atoms with Gasteiger partial charge in [0.2, 0.25) is 0 Å². The lowest BCUT2D eigenvalue weighted by Gasteiger charge is -2.30. The van der Waals surface area contributed by atoms with E-state index in [1.165, 1.54) is 5.56 Å². The summed E-state index contributed by atoms with van der Waals surface area (Å²) >= 11 is 0. The molecule has 3 aliphatic heterocycles. The average Bonchev–Trinajstić information content (AvgIpc) is 2.94. The molecule has 3 aromatic rings. The molecule has 0 aliphatic carbocycles. The number of aliphatic hydroxyl groups excluding tert-OH is 1. The Morgan fingerprint density at radius 2 is 1.82 bits per heavy atom. The zero-order chi connectivity index (χ0) is 26.3. The summed E-state index contributed by atoms with van der Waals surface area (Å²) in [6.45, 7) is 4.99. The Labute approximate surface area is 224 Å². The van der Waals surface area contributed by atoms with E-state index in [0.29, 0.717) is 32.6 Å². The van der Waals surface area contributed by atoms with Gasteiger partial charge in [-0.3, -0.25) is 4.79 Å². The highest BCUT2D eigenvalue weighted by molar-refractivity contribution is 5.84. The van der Waals surface area contributed by atoms with E-state index in [4.69, 9.17) is 9.72 Å². The predicted octanol–water partition coefficient (Wildman–Crippen LogP) is 2.82. The van der Waals surface area contributed by atoms with Crippen LogP contribution in [0.1, 0.15) is 35.4 Å². The second-order valence-corrected chi connectivity index (χ2v) is 10.3. The van der Waals surface area contributed by atoms with Crippen molar-refractivity contribution in [3.8, 4) is 11.3 Å². The van der Waals surface area contributed by atoms with E-state index in [2.05, 4.69) is 69.6 Å². The van der Waals surface area contributed by atoms with Crippen molar-refractivity contribution in [1.82, 2.24) is 20.2 Å². The molecule has 38 heavy (non-hydrogen) atoms. The Bertz CT molecular complexity index is 1230. The van der Waals surface area contributed by atoms with Crippen LogP contribution >= 0.6 is 0 Å². The van der Waals surface area contributed by atoms with Crippen LogP contribution in [0.25, 0.3) is 11.3 Å². The van der Waals surface area contributed by atoms with Crippen LogP contribution in [-0.2, 0) is 29.0 Å². The van der Waals surface area contributed by atoms with Gasteiger partial charge in [-0.25, -0.2) is 9.97 Å². The third-order valence-corrected chi connectivity index (χ3v) is 7.27. The van der Waals surface area contributed by atoms with Crippen LogP contribution in [0, 0.1) is 0 Å². The van der Waals surface area contributed by atoms with Crippen LogP contribution in [0.2, 0.25) is 0 Å². The van der Waals surface area contributed by atoms with Crippen LogP contribution in [0.3, 0.4) is 0 Å². The second kappa shape index (κ2) is 12.6. The molecule has 0 radical (unpaired) electrons. The van der Waals surface area contributed by atoms with E-state index in [9.17, 15) is 9.90 Å². The van der Waals surface area contributed by atoms with Gasteiger partial charge in [0, 0.05) is 56.5 Å². The van der Waals surface area contributed by atoms with Crippen molar-refractivity contribution in [3.05, 3.63) is 77.2 Å². The first-order valence-electron chi connectivity index (χ1n) is 13.5. The van der Waals surface area contributed by atoms with Crippen molar-refractivity contribution in [3.63, 3.8) is 0 Å². The molecule has 2 N–H and O–H groups in total. The number of carbonyl (C=O) groups is 1. The Morgan fingerprint density at radius 1 is 1.03 bits per heavy atom. The fourth-order valence-corrected chi connectivity index (χ4v) is 5.17. The molecule has 0 saturated carbocycles. The van der Waals surface area contributed by atoms with Crippen molar-refractivity contribution < 1.29 is 14.6 Å². The first-order chi connectivity index (χ1) is 18.6. The Kier molecular flexibility index (Phi) is 8.75. The standard InChI is InChI=1S/C30H37N5O3/c1-34-10-2-3-29(37)28(21-36)32-19-24-15-23(16-26(17-24)35-11-13-38-14-12-35)18-30-31-9-8-27(33-30)25-6-4-22(20-34)5-7-25/h4-9,15-17,28,32,36H,2-3,10-14,18-21H2,1H3/t28-/m0/s1. The number of benzene rings is 2. The number of anilines is 1. The lowest BCUT2D eigenvalue weighted by Crippen LogP contribution is -2.40. The third kappa shape index (κ3) is 6.82. The summed E-state index contributed by atoms with van der Waals surface area (Å²) in [5.41, 5.74) is 6.51. The number of carbonyl (C=O) groups excluding carboxylic acids is 1. The molecular weight excluding hydrogens is 478 g/mol. The SMILES string of the molecule is CN1CCCC(=O)[C@H](CO)NCc2cc(cc(N3CCOCC3)c2)Cc2nccc(n2)-c2ccc(cc2)C1. The predicted molar refractivity (Wildman–Crippen MR) is 148 cm³/mol. The van der Waals surface area contributed by atoms with Crippen LogP contribution < -0.4 is 10.2 Å². The molecule has 3 aliphatic rings. The third-order valence-electron chi connectivity index (χ3n) is 7.27. The first kappa shape index (κ1) is 26.4. The summed E-state index contributed by atoms with van der Waals surface area (Å²) in [7, 11) is 2.07. The Balaban J connectivity index is 1.48. The minimum absolute atomic E-state index is 0.0504. The summed E-state index contributed by atoms with van der Waals surface area (Å²) in [4.78, 5) is 26.9. The number of nitrogens with one attached hydrogen (secondary N) is 1. The van der Waals surface area contributed by atoms with Crippen molar-refractivity contribution in [2.75, 3.05) is 51.4 Å². The highest BCUT2D eigenvalue weighted by atomic mass is 16.5. The van der Waals surface area contributed by atoms with Crippen molar-refractivity contribution >= 4 is 11.5 Å². The van der Waals surface area contributed by atoms with Gasteiger partial charge >= 0.3 is 0 Å². The molecule has 1 fully saturated rings. The van der Waals surface area contributed by atoms with Gasteiger partial charge in [0.05, 0.1) is 31.6 Å². The van der Waals surface area contributed by atoms with Crippen LogP contribution in [0.5, 0.6) is 0 Å².